The number of aliphatic hydroxyl groups excluding tert-OH is 1. The number of esters is 1. The van der Waals surface area contributed by atoms with Crippen LogP contribution in [0.4, 0.5) is 10.2 Å². The zero-order chi connectivity index (χ0) is 26.7. The van der Waals surface area contributed by atoms with E-state index in [2.05, 4.69) is 10.1 Å². The molecule has 12 nitrogen and oxygen atoms in total. The predicted octanol–water partition coefficient (Wildman–Crippen LogP) is 2.12. The lowest BCUT2D eigenvalue weighted by Gasteiger charge is -2.25. The first-order chi connectivity index (χ1) is 16.8. The van der Waals surface area contributed by atoms with Crippen molar-refractivity contribution in [3.05, 3.63) is 53.1 Å². The summed E-state index contributed by atoms with van der Waals surface area (Å²) in [6, 6.07) is 8.03. The topological polar surface area (TPSA) is 164 Å². The summed E-state index contributed by atoms with van der Waals surface area (Å²) in [6.07, 6.45) is -4.62. The molecule has 1 aliphatic rings. The fourth-order valence-electron chi connectivity index (χ4n) is 3.22. The van der Waals surface area contributed by atoms with Crippen LogP contribution in [0.1, 0.15) is 27.0 Å². The molecule has 2 unspecified atom stereocenters. The van der Waals surface area contributed by atoms with E-state index < -0.39 is 61.7 Å². The fraction of sp³-hybridized carbons (Fsp3) is 0.476. The van der Waals surface area contributed by atoms with Crippen molar-refractivity contribution < 1.29 is 37.4 Å². The predicted molar refractivity (Wildman–Crippen MR) is 127 cm³/mol. The third-order valence-electron chi connectivity index (χ3n) is 4.92. The maximum Gasteiger partial charge on any atom is 0.459 e. The highest BCUT2D eigenvalue weighted by molar-refractivity contribution is 7.52. The molecule has 3 rings (SSSR count). The molecule has 2 heterocycles. The number of hydrogen-bond donors (Lipinski definition) is 3. The highest BCUT2D eigenvalue weighted by Gasteiger charge is 2.58. The molecule has 1 fully saturated rings. The number of ether oxygens (including phenoxy) is 2. The second-order valence-electron chi connectivity index (χ2n) is 8.22. The maximum absolute atomic E-state index is 15.2. The molecule has 0 bridgehead atoms. The number of rotatable bonds is 10. The number of hydrogen-bond acceptors (Lipinski definition) is 10. The Balaban J connectivity index is 1.79. The van der Waals surface area contributed by atoms with Crippen LogP contribution in [-0.4, -0.2) is 56.7 Å². The van der Waals surface area contributed by atoms with Gasteiger partial charge in [0, 0.05) is 6.20 Å². The first-order valence-corrected chi connectivity index (χ1v) is 12.8. The van der Waals surface area contributed by atoms with E-state index in [1.165, 1.54) is 25.1 Å². The van der Waals surface area contributed by atoms with Crippen molar-refractivity contribution in [2.24, 2.45) is 0 Å². The van der Waals surface area contributed by atoms with Crippen LogP contribution >= 0.6 is 19.3 Å². The molecule has 1 aliphatic heterocycles. The van der Waals surface area contributed by atoms with Gasteiger partial charge in [0.25, 0.3) is 5.13 Å². The largest absolute Gasteiger partial charge is 0.462 e. The van der Waals surface area contributed by atoms with Crippen LogP contribution in [0.25, 0.3) is 0 Å². The van der Waals surface area contributed by atoms with E-state index in [-0.39, 0.29) is 11.6 Å². The summed E-state index contributed by atoms with van der Waals surface area (Å²) < 4.78 is 51.0. The van der Waals surface area contributed by atoms with Gasteiger partial charge in [-0.2, -0.15) is 10.1 Å². The summed E-state index contributed by atoms with van der Waals surface area (Å²) in [6.45, 7) is 3.98. The van der Waals surface area contributed by atoms with Crippen LogP contribution < -0.4 is 21.0 Å². The Bertz CT molecular complexity index is 1170. The van der Waals surface area contributed by atoms with Crippen molar-refractivity contribution in [2.75, 3.05) is 12.3 Å². The van der Waals surface area contributed by atoms with Gasteiger partial charge in [-0.25, -0.2) is 13.8 Å². The molecule has 1 aromatic carbocycles. The number of benzene rings is 1. The summed E-state index contributed by atoms with van der Waals surface area (Å²) in [5.74, 6) is -0.689. The van der Waals surface area contributed by atoms with Gasteiger partial charge in [-0.3, -0.25) is 13.9 Å². The molecule has 1 saturated heterocycles. The number of aliphatic hydroxyl groups is 1. The van der Waals surface area contributed by atoms with Crippen LogP contribution in [0.3, 0.4) is 0 Å². The number of carbonyl (C=O) groups excluding carboxylic acids is 1. The Morgan fingerprint density at radius 3 is 2.64 bits per heavy atom. The standard InChI is InChI=1S/C21H27ClFN4O8P/c1-12(2)33-18(29)13(3)26-36(31,35-14-7-5-4-6-8-14)32-11-15-17(28)21(22,23)19(34-15)27-10-9-16(24)25-20(27)30/h4-10,12-13,15,17,19,28H,11H2,1-3H3,(H,26,31)(H2,24,25,30)/t13?,15-,17-,19-,21-,36?/m1/s1. The summed E-state index contributed by atoms with van der Waals surface area (Å²) >= 11 is 5.89. The molecule has 1 aromatic heterocycles. The second-order valence-corrected chi connectivity index (χ2v) is 10.5. The average Bonchev–Trinajstić information content (AvgIpc) is 3.01. The van der Waals surface area contributed by atoms with E-state index in [0.29, 0.717) is 0 Å². The van der Waals surface area contributed by atoms with E-state index in [0.717, 1.165) is 10.8 Å². The third kappa shape index (κ3) is 6.61. The number of nitrogen functional groups attached to an aromatic ring is 1. The summed E-state index contributed by atoms with van der Waals surface area (Å²) in [5, 5.41) is 9.94. The van der Waals surface area contributed by atoms with Crippen molar-refractivity contribution in [2.45, 2.75) is 56.5 Å². The lowest BCUT2D eigenvalue weighted by atomic mass is 10.1. The molecule has 0 amide bonds. The van der Waals surface area contributed by atoms with Crippen LogP contribution in [0.15, 0.2) is 47.4 Å². The Hall–Kier alpha value is -2.54. The van der Waals surface area contributed by atoms with Crippen LogP contribution in [-0.2, 0) is 23.4 Å². The number of carbonyl (C=O) groups is 1. The Kier molecular flexibility index (Phi) is 8.75. The van der Waals surface area contributed by atoms with Crippen molar-refractivity contribution in [3.63, 3.8) is 0 Å². The minimum Gasteiger partial charge on any atom is -0.462 e. The van der Waals surface area contributed by atoms with E-state index in [1.54, 1.807) is 32.0 Å². The monoisotopic (exact) mass is 548 g/mol. The molecule has 0 spiro atoms. The number of para-hydroxylation sites is 1. The zero-order valence-corrected chi connectivity index (χ0v) is 21.3. The van der Waals surface area contributed by atoms with Gasteiger partial charge < -0.3 is 24.8 Å². The highest BCUT2D eigenvalue weighted by Crippen LogP contribution is 2.48. The zero-order valence-electron chi connectivity index (χ0n) is 19.6. The van der Waals surface area contributed by atoms with Crippen molar-refractivity contribution in [1.82, 2.24) is 14.6 Å². The summed E-state index contributed by atoms with van der Waals surface area (Å²) in [4.78, 5) is 27.9. The van der Waals surface area contributed by atoms with Crippen molar-refractivity contribution in [1.29, 1.82) is 0 Å². The molecule has 4 N–H and O–H groups in total. The van der Waals surface area contributed by atoms with Gasteiger partial charge in [-0.15, -0.1) is 0 Å². The third-order valence-corrected chi connectivity index (χ3v) is 6.97. The second kappa shape index (κ2) is 11.2. The minimum absolute atomic E-state index is 0.108. The number of nitrogens with one attached hydrogen (secondary N) is 1. The molecule has 198 valence electrons. The van der Waals surface area contributed by atoms with Gasteiger partial charge in [0.05, 0.1) is 12.7 Å². The lowest BCUT2D eigenvalue weighted by molar-refractivity contribution is -0.149. The smallest absolute Gasteiger partial charge is 0.459 e. The molecule has 0 aliphatic carbocycles. The van der Waals surface area contributed by atoms with E-state index in [4.69, 9.17) is 35.9 Å². The van der Waals surface area contributed by atoms with Gasteiger partial charge in [0.1, 0.15) is 29.8 Å². The van der Waals surface area contributed by atoms with Crippen LogP contribution in [0.5, 0.6) is 5.75 Å². The van der Waals surface area contributed by atoms with Gasteiger partial charge in [-0.05, 0) is 39.0 Å². The van der Waals surface area contributed by atoms with Gasteiger partial charge >= 0.3 is 19.4 Å². The number of nitrogens with two attached hydrogens (primary N) is 1. The van der Waals surface area contributed by atoms with Gasteiger partial charge in [0.2, 0.25) is 0 Å². The van der Waals surface area contributed by atoms with Crippen LogP contribution in [0, 0.1) is 0 Å². The first-order valence-electron chi connectivity index (χ1n) is 10.9. The first kappa shape index (κ1) is 28.0. The Labute approximate surface area is 211 Å². The molecule has 6 atom stereocenters. The normalized spacial score (nSPS) is 26.4. The highest BCUT2D eigenvalue weighted by atomic mass is 35.5. The number of alkyl halides is 2. The Morgan fingerprint density at radius 2 is 2.03 bits per heavy atom. The summed E-state index contributed by atoms with van der Waals surface area (Å²) in [5.41, 5.74) is 4.48. The van der Waals surface area contributed by atoms with Crippen LogP contribution in [0.2, 0.25) is 0 Å². The Morgan fingerprint density at radius 1 is 1.36 bits per heavy atom. The molecule has 2 aromatic rings. The van der Waals surface area contributed by atoms with Gasteiger partial charge in [-0.1, -0.05) is 29.8 Å². The van der Waals surface area contributed by atoms with Crippen molar-refractivity contribution in [3.8, 4) is 5.75 Å². The molecule has 15 heteroatoms. The fourth-order valence-corrected chi connectivity index (χ4v) is 5.02. The SMILES string of the molecule is CC(C)OC(=O)C(C)NP(=O)(OC[C@H]1O[C@@H](n2ccc(N)nc2=O)[C@@](F)(Cl)[C@@H]1O)Oc1ccccc1. The summed E-state index contributed by atoms with van der Waals surface area (Å²) in [7, 11) is -4.33. The molecular weight excluding hydrogens is 522 g/mol. The van der Waals surface area contributed by atoms with E-state index >= 15 is 4.39 Å². The average molecular weight is 549 g/mol. The van der Waals surface area contributed by atoms with E-state index in [1.807, 2.05) is 0 Å². The number of anilines is 1. The number of halogens is 2. The minimum atomic E-state index is -4.33. The van der Waals surface area contributed by atoms with Crippen molar-refractivity contribution >= 4 is 31.1 Å². The molecular formula is C21H27ClFN4O8P. The maximum atomic E-state index is 15.2. The number of aromatic nitrogens is 2. The lowest BCUT2D eigenvalue weighted by Crippen LogP contribution is -2.41. The molecule has 0 radical (unpaired) electrons. The molecule has 36 heavy (non-hydrogen) atoms. The quantitative estimate of drug-likeness (QED) is 0.226. The number of nitrogens with zero attached hydrogens (tertiary/aromatic N) is 2. The molecule has 0 saturated carbocycles. The van der Waals surface area contributed by atoms with Gasteiger partial charge in [0.15, 0.2) is 6.23 Å². The van der Waals surface area contributed by atoms with E-state index in [9.17, 15) is 19.3 Å².